The van der Waals surface area contributed by atoms with Gasteiger partial charge in [0.25, 0.3) is 0 Å². The van der Waals surface area contributed by atoms with Crippen LogP contribution in [0.15, 0.2) is 12.1 Å². The Morgan fingerprint density at radius 3 is 2.59 bits per heavy atom. The average Bonchev–Trinajstić information content (AvgIpc) is 2.78. The summed E-state index contributed by atoms with van der Waals surface area (Å²) < 4.78 is 26.6. The van der Waals surface area contributed by atoms with Gasteiger partial charge in [0.1, 0.15) is 26.7 Å². The lowest BCUT2D eigenvalue weighted by molar-refractivity contribution is 0.575. The zero-order valence-electron chi connectivity index (χ0n) is 9.01. The van der Waals surface area contributed by atoms with E-state index in [4.69, 9.17) is 11.6 Å². The number of nitrogens with zero attached hydrogens (tertiary/aromatic N) is 2. The third-order valence-electron chi connectivity index (χ3n) is 2.27. The second-order valence-electron chi connectivity index (χ2n) is 3.45. The van der Waals surface area contributed by atoms with Gasteiger partial charge >= 0.3 is 0 Å². The Bertz CT molecular complexity index is 542. The van der Waals surface area contributed by atoms with Crippen LogP contribution in [0.3, 0.4) is 0 Å². The van der Waals surface area contributed by atoms with Crippen molar-refractivity contribution >= 4 is 22.9 Å². The van der Waals surface area contributed by atoms with E-state index in [1.807, 2.05) is 6.92 Å². The number of benzene rings is 1. The van der Waals surface area contributed by atoms with E-state index in [-0.39, 0.29) is 6.42 Å². The topological polar surface area (TPSA) is 25.8 Å². The van der Waals surface area contributed by atoms with Gasteiger partial charge in [0.15, 0.2) is 0 Å². The Balaban J connectivity index is 2.27. The minimum absolute atomic E-state index is 0.281. The first kappa shape index (κ1) is 12.4. The molecule has 2 rings (SSSR count). The van der Waals surface area contributed by atoms with Gasteiger partial charge < -0.3 is 0 Å². The Labute approximate surface area is 106 Å². The van der Waals surface area contributed by atoms with Crippen molar-refractivity contribution in [2.75, 3.05) is 0 Å². The molecular formula is C11H9ClF2N2S. The largest absolute Gasteiger partial charge is 0.205 e. The van der Waals surface area contributed by atoms with Crippen LogP contribution >= 0.6 is 22.9 Å². The van der Waals surface area contributed by atoms with Crippen molar-refractivity contribution in [3.05, 3.63) is 44.4 Å². The predicted octanol–water partition coefficient (Wildman–Crippen LogP) is 3.62. The number of halogens is 3. The van der Waals surface area contributed by atoms with E-state index in [1.165, 1.54) is 17.4 Å². The van der Waals surface area contributed by atoms with Crippen molar-refractivity contribution in [3.8, 4) is 0 Å². The summed E-state index contributed by atoms with van der Waals surface area (Å²) in [5.41, 5.74) is 0.329. The van der Waals surface area contributed by atoms with Crippen LogP contribution in [0.4, 0.5) is 8.78 Å². The number of hydrogen-bond donors (Lipinski definition) is 0. The van der Waals surface area contributed by atoms with Crippen molar-refractivity contribution in [1.29, 1.82) is 0 Å². The van der Waals surface area contributed by atoms with Crippen molar-refractivity contribution in [1.82, 2.24) is 10.2 Å². The minimum Gasteiger partial charge on any atom is -0.205 e. The van der Waals surface area contributed by atoms with Crippen LogP contribution in [-0.4, -0.2) is 10.2 Å². The maximum atomic E-state index is 13.6. The molecule has 0 aliphatic heterocycles. The van der Waals surface area contributed by atoms with E-state index >= 15 is 0 Å². The average molecular weight is 275 g/mol. The maximum absolute atomic E-state index is 13.6. The summed E-state index contributed by atoms with van der Waals surface area (Å²) in [5, 5.41) is 9.00. The first-order valence-electron chi connectivity index (χ1n) is 5.05. The van der Waals surface area contributed by atoms with E-state index in [9.17, 15) is 8.78 Å². The highest BCUT2D eigenvalue weighted by molar-refractivity contribution is 7.11. The fraction of sp³-hybridized carbons (Fsp3) is 0.273. The lowest BCUT2D eigenvalue weighted by Crippen LogP contribution is -1.95. The zero-order chi connectivity index (χ0) is 12.4. The van der Waals surface area contributed by atoms with Gasteiger partial charge in [0.2, 0.25) is 0 Å². The predicted molar refractivity (Wildman–Crippen MR) is 63.5 cm³/mol. The van der Waals surface area contributed by atoms with Gasteiger partial charge in [0.05, 0.1) is 0 Å². The quantitative estimate of drug-likeness (QED) is 0.799. The SMILES string of the molecule is CCc1nnc(Cc2ccc(F)c(Cl)c2F)s1. The van der Waals surface area contributed by atoms with E-state index in [1.54, 1.807) is 0 Å². The van der Waals surface area contributed by atoms with E-state index in [0.717, 1.165) is 17.5 Å². The summed E-state index contributed by atoms with van der Waals surface area (Å²) in [4.78, 5) is 0. The molecule has 0 bridgehead atoms. The van der Waals surface area contributed by atoms with E-state index < -0.39 is 16.7 Å². The third-order valence-corrected chi connectivity index (χ3v) is 3.68. The Morgan fingerprint density at radius 1 is 1.24 bits per heavy atom. The van der Waals surface area contributed by atoms with Gasteiger partial charge in [-0.15, -0.1) is 21.5 Å². The van der Waals surface area contributed by atoms with Crippen molar-refractivity contribution in [2.24, 2.45) is 0 Å². The monoisotopic (exact) mass is 274 g/mol. The maximum Gasteiger partial charge on any atom is 0.148 e. The molecule has 17 heavy (non-hydrogen) atoms. The van der Waals surface area contributed by atoms with Crippen LogP contribution in [0.25, 0.3) is 0 Å². The molecule has 0 atom stereocenters. The molecule has 0 fully saturated rings. The molecule has 0 amide bonds. The molecule has 0 spiro atoms. The summed E-state index contributed by atoms with van der Waals surface area (Å²) in [5.74, 6) is -1.47. The number of hydrogen-bond acceptors (Lipinski definition) is 3. The molecule has 2 aromatic rings. The minimum atomic E-state index is -0.751. The molecule has 2 nitrogen and oxygen atoms in total. The number of rotatable bonds is 3. The molecular weight excluding hydrogens is 266 g/mol. The summed E-state index contributed by atoms with van der Waals surface area (Å²) in [6.07, 6.45) is 1.08. The van der Waals surface area contributed by atoms with Crippen LogP contribution in [0.5, 0.6) is 0 Å². The fourth-order valence-corrected chi connectivity index (χ4v) is 2.36. The molecule has 0 unspecified atom stereocenters. The van der Waals surface area contributed by atoms with Gasteiger partial charge in [-0.05, 0) is 18.1 Å². The molecule has 0 saturated heterocycles. The Hall–Kier alpha value is -1.07. The zero-order valence-corrected chi connectivity index (χ0v) is 10.6. The highest BCUT2D eigenvalue weighted by atomic mass is 35.5. The number of aromatic nitrogens is 2. The van der Waals surface area contributed by atoms with E-state index in [2.05, 4.69) is 10.2 Å². The number of aryl methyl sites for hydroxylation is 1. The molecule has 1 heterocycles. The normalized spacial score (nSPS) is 10.8. The Morgan fingerprint density at radius 2 is 1.94 bits per heavy atom. The van der Waals surface area contributed by atoms with Crippen molar-refractivity contribution < 1.29 is 8.78 Å². The first-order chi connectivity index (χ1) is 8.11. The molecule has 0 radical (unpaired) electrons. The standard InChI is InChI=1S/C11H9ClF2N2S/c1-2-8-15-16-9(17-8)5-6-3-4-7(13)10(12)11(6)14/h3-4H,2,5H2,1H3. The summed E-state index contributed by atoms with van der Waals surface area (Å²) >= 11 is 6.92. The second kappa shape index (κ2) is 5.06. The van der Waals surface area contributed by atoms with E-state index in [0.29, 0.717) is 10.6 Å². The molecule has 6 heteroatoms. The van der Waals surface area contributed by atoms with Crippen LogP contribution < -0.4 is 0 Å². The summed E-state index contributed by atoms with van der Waals surface area (Å²) in [6, 6.07) is 2.53. The molecule has 1 aromatic carbocycles. The van der Waals surface area contributed by atoms with Crippen molar-refractivity contribution in [3.63, 3.8) is 0 Å². The second-order valence-corrected chi connectivity index (χ2v) is 4.98. The first-order valence-corrected chi connectivity index (χ1v) is 6.25. The van der Waals surface area contributed by atoms with Gasteiger partial charge in [-0.3, -0.25) is 0 Å². The van der Waals surface area contributed by atoms with Gasteiger partial charge in [-0.25, -0.2) is 8.78 Å². The third kappa shape index (κ3) is 2.61. The smallest absolute Gasteiger partial charge is 0.148 e. The van der Waals surface area contributed by atoms with Crippen LogP contribution in [-0.2, 0) is 12.8 Å². The van der Waals surface area contributed by atoms with Crippen LogP contribution in [0.2, 0.25) is 5.02 Å². The fourth-order valence-electron chi connectivity index (χ4n) is 1.37. The highest BCUT2D eigenvalue weighted by Gasteiger charge is 2.13. The molecule has 90 valence electrons. The lowest BCUT2D eigenvalue weighted by Gasteiger charge is -2.02. The van der Waals surface area contributed by atoms with Crippen LogP contribution in [0, 0.1) is 11.6 Å². The van der Waals surface area contributed by atoms with Gasteiger partial charge in [-0.1, -0.05) is 24.6 Å². The molecule has 0 saturated carbocycles. The van der Waals surface area contributed by atoms with Crippen molar-refractivity contribution in [2.45, 2.75) is 19.8 Å². The van der Waals surface area contributed by atoms with Gasteiger partial charge in [-0.2, -0.15) is 0 Å². The highest BCUT2D eigenvalue weighted by Crippen LogP contribution is 2.24. The molecule has 0 aliphatic carbocycles. The summed E-state index contributed by atoms with van der Waals surface area (Å²) in [6.45, 7) is 1.97. The lowest BCUT2D eigenvalue weighted by atomic mass is 10.1. The molecule has 1 aromatic heterocycles. The van der Waals surface area contributed by atoms with Crippen LogP contribution in [0.1, 0.15) is 22.5 Å². The molecule has 0 N–H and O–H groups in total. The Kier molecular flexibility index (Phi) is 3.69. The molecule has 0 aliphatic rings. The summed E-state index contributed by atoms with van der Waals surface area (Å²) in [7, 11) is 0. The van der Waals surface area contributed by atoms with Gasteiger partial charge in [0, 0.05) is 6.42 Å².